The Hall–Kier alpha value is -2.10. The lowest BCUT2D eigenvalue weighted by Crippen LogP contribution is -2.16. The van der Waals surface area contributed by atoms with Gasteiger partial charge in [-0.15, -0.1) is 0 Å². The number of hydrogen-bond donors (Lipinski definition) is 1. The van der Waals surface area contributed by atoms with Gasteiger partial charge in [-0.1, -0.05) is 19.4 Å². The van der Waals surface area contributed by atoms with Crippen molar-refractivity contribution in [2.24, 2.45) is 0 Å². The van der Waals surface area contributed by atoms with E-state index in [1.165, 1.54) is 30.4 Å². The molecule has 0 saturated heterocycles. The van der Waals surface area contributed by atoms with E-state index in [1.54, 1.807) is 0 Å². The van der Waals surface area contributed by atoms with Gasteiger partial charge in [0.2, 0.25) is 0 Å². The van der Waals surface area contributed by atoms with Crippen molar-refractivity contribution in [2.45, 2.75) is 65.8 Å². The molecule has 1 amide bonds. The minimum Gasteiger partial charge on any atom is -0.305 e. The van der Waals surface area contributed by atoms with Crippen LogP contribution >= 0.6 is 0 Å². The summed E-state index contributed by atoms with van der Waals surface area (Å²) in [4.78, 5) is 12.8. The number of amides is 1. The molecule has 128 valence electrons. The number of aryl methyl sites for hydroxylation is 5. The quantitative estimate of drug-likeness (QED) is 0.852. The maximum absolute atomic E-state index is 12.8. The summed E-state index contributed by atoms with van der Waals surface area (Å²) in [5.41, 5.74) is 5.80. The Morgan fingerprint density at radius 3 is 2.46 bits per heavy atom. The van der Waals surface area contributed by atoms with Crippen LogP contribution in [0.15, 0.2) is 18.2 Å². The minimum atomic E-state index is -0.0420. The number of benzene rings is 1. The molecule has 2 aromatic rings. The average molecular weight is 325 g/mol. The van der Waals surface area contributed by atoms with Crippen LogP contribution in [0, 0.1) is 6.92 Å². The molecular formula is C20H27N3O. The van der Waals surface area contributed by atoms with Gasteiger partial charge in [-0.2, -0.15) is 5.10 Å². The van der Waals surface area contributed by atoms with Crippen molar-refractivity contribution in [1.82, 2.24) is 9.78 Å². The van der Waals surface area contributed by atoms with Crippen molar-refractivity contribution in [3.63, 3.8) is 0 Å². The van der Waals surface area contributed by atoms with Crippen molar-refractivity contribution in [3.05, 3.63) is 46.1 Å². The largest absolute Gasteiger partial charge is 0.305 e. The zero-order valence-electron chi connectivity index (χ0n) is 15.0. The fourth-order valence-electron chi connectivity index (χ4n) is 3.59. The first-order valence-electron chi connectivity index (χ1n) is 9.12. The monoisotopic (exact) mass is 325 g/mol. The fourth-order valence-corrected chi connectivity index (χ4v) is 3.59. The topological polar surface area (TPSA) is 46.9 Å². The first kappa shape index (κ1) is 16.7. The zero-order valence-corrected chi connectivity index (χ0v) is 15.0. The molecule has 0 aliphatic heterocycles. The summed E-state index contributed by atoms with van der Waals surface area (Å²) in [7, 11) is 0. The number of nitrogens with zero attached hydrogens (tertiary/aromatic N) is 2. The smallest absolute Gasteiger partial charge is 0.257 e. The SMILES string of the molecule is CCc1cc2c(cc1C(=O)Nc1cc(C)n(CC)n1)CCCCC2. The Morgan fingerprint density at radius 1 is 1.12 bits per heavy atom. The van der Waals surface area contributed by atoms with Crippen molar-refractivity contribution in [2.75, 3.05) is 5.32 Å². The van der Waals surface area contributed by atoms with Gasteiger partial charge in [-0.05, 0) is 68.7 Å². The first-order valence-corrected chi connectivity index (χ1v) is 9.12. The molecule has 0 radical (unpaired) electrons. The van der Waals surface area contributed by atoms with Crippen LogP contribution < -0.4 is 5.32 Å². The van der Waals surface area contributed by atoms with Crippen LogP contribution in [0.5, 0.6) is 0 Å². The highest BCUT2D eigenvalue weighted by Gasteiger charge is 2.17. The molecule has 0 unspecified atom stereocenters. The average Bonchev–Trinajstić information content (AvgIpc) is 2.79. The maximum atomic E-state index is 12.8. The highest BCUT2D eigenvalue weighted by atomic mass is 16.1. The molecule has 0 bridgehead atoms. The predicted octanol–water partition coefficient (Wildman–Crippen LogP) is 4.30. The zero-order chi connectivity index (χ0) is 17.1. The first-order chi connectivity index (χ1) is 11.6. The molecule has 0 spiro atoms. The van der Waals surface area contributed by atoms with Gasteiger partial charge in [0.05, 0.1) is 0 Å². The van der Waals surface area contributed by atoms with E-state index in [0.717, 1.165) is 42.6 Å². The number of carbonyl (C=O) groups is 1. The number of anilines is 1. The number of carbonyl (C=O) groups excluding carboxylic acids is 1. The van der Waals surface area contributed by atoms with Gasteiger partial charge < -0.3 is 5.32 Å². The Morgan fingerprint density at radius 2 is 1.83 bits per heavy atom. The van der Waals surface area contributed by atoms with Crippen LogP contribution in [-0.2, 0) is 25.8 Å². The fraction of sp³-hybridized carbons (Fsp3) is 0.500. The third-order valence-electron chi connectivity index (χ3n) is 4.97. The van der Waals surface area contributed by atoms with Gasteiger partial charge in [-0.25, -0.2) is 0 Å². The minimum absolute atomic E-state index is 0.0420. The van der Waals surface area contributed by atoms with Crippen LogP contribution in [0.1, 0.15) is 65.9 Å². The highest BCUT2D eigenvalue weighted by molar-refractivity contribution is 6.05. The van der Waals surface area contributed by atoms with E-state index in [-0.39, 0.29) is 5.91 Å². The Labute approximate surface area is 144 Å². The van der Waals surface area contributed by atoms with Gasteiger partial charge in [0.1, 0.15) is 0 Å². The lowest BCUT2D eigenvalue weighted by Gasteiger charge is -2.13. The predicted molar refractivity (Wildman–Crippen MR) is 97.7 cm³/mol. The Kier molecular flexibility index (Phi) is 5.03. The molecule has 0 saturated carbocycles. The summed E-state index contributed by atoms with van der Waals surface area (Å²) in [6.45, 7) is 6.98. The number of nitrogens with one attached hydrogen (secondary N) is 1. The lowest BCUT2D eigenvalue weighted by atomic mass is 9.94. The molecule has 1 aromatic carbocycles. The van der Waals surface area contributed by atoms with E-state index in [0.29, 0.717) is 5.82 Å². The molecule has 1 aliphatic rings. The second kappa shape index (κ2) is 7.20. The summed E-state index contributed by atoms with van der Waals surface area (Å²) in [6, 6.07) is 6.31. The molecule has 1 aliphatic carbocycles. The summed E-state index contributed by atoms with van der Waals surface area (Å²) in [5, 5.41) is 7.42. The molecule has 24 heavy (non-hydrogen) atoms. The van der Waals surface area contributed by atoms with Crippen molar-refractivity contribution in [1.29, 1.82) is 0 Å². The van der Waals surface area contributed by atoms with Crippen LogP contribution in [0.2, 0.25) is 0 Å². The molecule has 4 nitrogen and oxygen atoms in total. The van der Waals surface area contributed by atoms with Crippen LogP contribution in [0.4, 0.5) is 5.82 Å². The standard InChI is InChI=1S/C20H27N3O/c1-4-15-12-16-9-7-6-8-10-17(16)13-18(15)20(24)21-19-11-14(3)23(5-2)22-19/h11-13H,4-10H2,1-3H3,(H,21,22,24). The molecule has 0 fully saturated rings. The molecule has 1 heterocycles. The summed E-state index contributed by atoms with van der Waals surface area (Å²) in [5.74, 6) is 0.594. The molecule has 3 rings (SSSR count). The summed E-state index contributed by atoms with van der Waals surface area (Å²) >= 11 is 0. The van der Waals surface area contributed by atoms with E-state index in [4.69, 9.17) is 0 Å². The summed E-state index contributed by atoms with van der Waals surface area (Å²) in [6.07, 6.45) is 6.87. The summed E-state index contributed by atoms with van der Waals surface area (Å²) < 4.78 is 1.90. The third-order valence-corrected chi connectivity index (χ3v) is 4.97. The maximum Gasteiger partial charge on any atom is 0.257 e. The van der Waals surface area contributed by atoms with E-state index < -0.39 is 0 Å². The Balaban J connectivity index is 1.89. The van der Waals surface area contributed by atoms with Crippen molar-refractivity contribution in [3.8, 4) is 0 Å². The van der Waals surface area contributed by atoms with E-state index in [1.807, 2.05) is 24.6 Å². The molecule has 1 N–H and O–H groups in total. The number of fused-ring (bicyclic) bond motifs is 1. The second-order valence-corrected chi connectivity index (χ2v) is 6.63. The van der Waals surface area contributed by atoms with E-state index in [9.17, 15) is 4.79 Å². The van der Waals surface area contributed by atoms with Crippen molar-refractivity contribution < 1.29 is 4.79 Å². The van der Waals surface area contributed by atoms with Crippen LogP contribution in [0.25, 0.3) is 0 Å². The Bertz CT molecular complexity index is 746. The van der Waals surface area contributed by atoms with E-state index >= 15 is 0 Å². The lowest BCUT2D eigenvalue weighted by molar-refractivity contribution is 0.102. The number of rotatable bonds is 4. The van der Waals surface area contributed by atoms with Gasteiger partial charge in [0.25, 0.3) is 5.91 Å². The normalized spacial score (nSPS) is 14.1. The van der Waals surface area contributed by atoms with Crippen molar-refractivity contribution >= 4 is 11.7 Å². The molecule has 4 heteroatoms. The van der Waals surface area contributed by atoms with E-state index in [2.05, 4.69) is 29.5 Å². The number of hydrogen-bond acceptors (Lipinski definition) is 2. The van der Waals surface area contributed by atoms with Gasteiger partial charge in [0, 0.05) is 23.9 Å². The second-order valence-electron chi connectivity index (χ2n) is 6.63. The molecule has 1 aromatic heterocycles. The van der Waals surface area contributed by atoms with Gasteiger partial charge >= 0.3 is 0 Å². The van der Waals surface area contributed by atoms with Gasteiger partial charge in [0.15, 0.2) is 5.82 Å². The van der Waals surface area contributed by atoms with Crippen LogP contribution in [0.3, 0.4) is 0 Å². The number of aromatic nitrogens is 2. The molecular weight excluding hydrogens is 298 g/mol. The third kappa shape index (κ3) is 3.37. The highest BCUT2D eigenvalue weighted by Crippen LogP contribution is 2.25. The van der Waals surface area contributed by atoms with Crippen LogP contribution in [-0.4, -0.2) is 15.7 Å². The molecule has 0 atom stereocenters. The van der Waals surface area contributed by atoms with Gasteiger partial charge in [-0.3, -0.25) is 9.48 Å².